The Morgan fingerprint density at radius 2 is 1.96 bits per heavy atom. The highest BCUT2D eigenvalue weighted by atomic mass is 19.1. The van der Waals surface area contributed by atoms with E-state index in [4.69, 9.17) is 5.41 Å². The number of nitrogens with one attached hydrogen (secondary N) is 1. The van der Waals surface area contributed by atoms with Gasteiger partial charge in [-0.1, -0.05) is 13.8 Å². The summed E-state index contributed by atoms with van der Waals surface area (Å²) in [5.41, 5.74) is 0.0133. The van der Waals surface area contributed by atoms with Crippen LogP contribution in [0.4, 0.5) is 4.39 Å². The lowest BCUT2D eigenvalue weighted by atomic mass is 9.42. The fourth-order valence-electron chi connectivity index (χ4n) is 7.26. The second kappa shape index (κ2) is 5.59. The third kappa shape index (κ3) is 2.18. The zero-order valence-corrected chi connectivity index (χ0v) is 15.2. The number of Topliss-reactive ketones (excluding diaryl/α,β-unsaturated/α-hetero) is 1. The van der Waals surface area contributed by atoms with Crippen molar-refractivity contribution >= 4 is 11.5 Å². The fraction of sp³-hybridized carbons (Fsp3) is 0.900. The quantitative estimate of drug-likeness (QED) is 0.679. The van der Waals surface area contributed by atoms with Gasteiger partial charge in [-0.05, 0) is 67.6 Å². The van der Waals surface area contributed by atoms with Crippen molar-refractivity contribution in [3.8, 4) is 0 Å². The molecule has 5 heteroatoms. The smallest absolute Gasteiger partial charge is 0.173 e. The minimum atomic E-state index is -1.40. The van der Waals surface area contributed by atoms with Crippen LogP contribution in [0.2, 0.25) is 0 Å². The number of carbonyl (C=O) groups is 1. The number of fused-ring (bicyclic) bond motifs is 5. The molecular formula is C20H30FNO3. The van der Waals surface area contributed by atoms with Gasteiger partial charge in [0.2, 0.25) is 0 Å². The molecule has 0 aliphatic heterocycles. The molecule has 0 amide bonds. The summed E-state index contributed by atoms with van der Waals surface area (Å²) in [6, 6.07) is 0. The van der Waals surface area contributed by atoms with Crippen molar-refractivity contribution in [3.05, 3.63) is 0 Å². The Kier molecular flexibility index (Phi) is 3.94. The first kappa shape index (κ1) is 17.6. The van der Waals surface area contributed by atoms with E-state index >= 15 is 0 Å². The van der Waals surface area contributed by atoms with Crippen LogP contribution in [0.1, 0.15) is 52.4 Å². The molecule has 5 unspecified atom stereocenters. The predicted molar refractivity (Wildman–Crippen MR) is 92.1 cm³/mol. The van der Waals surface area contributed by atoms with Crippen LogP contribution in [0.25, 0.3) is 0 Å². The largest absolute Gasteiger partial charge is 0.396 e. The summed E-state index contributed by atoms with van der Waals surface area (Å²) >= 11 is 0. The SMILES string of the molecule is C[C@]12CCC(=N)CC1[C@@H](CO)[C@@H](O)C1C2CC[C@]2(C)C(=O)C(F)CC12. The highest BCUT2D eigenvalue weighted by molar-refractivity contribution is 5.91. The number of halogens is 1. The monoisotopic (exact) mass is 351 g/mol. The normalized spacial score (nSPS) is 55.5. The van der Waals surface area contributed by atoms with Crippen molar-refractivity contribution in [1.29, 1.82) is 5.41 Å². The van der Waals surface area contributed by atoms with Gasteiger partial charge in [-0.3, -0.25) is 4.79 Å². The number of aliphatic hydroxyl groups excluding tert-OH is 2. The lowest BCUT2D eigenvalue weighted by molar-refractivity contribution is -0.188. The summed E-state index contributed by atoms with van der Waals surface area (Å²) in [7, 11) is 0. The molecule has 4 fully saturated rings. The second-order valence-corrected chi connectivity index (χ2v) is 9.57. The molecule has 0 aromatic heterocycles. The van der Waals surface area contributed by atoms with Crippen molar-refractivity contribution in [2.24, 2.45) is 40.4 Å². The third-order valence-corrected chi connectivity index (χ3v) is 8.72. The Balaban J connectivity index is 1.76. The molecular weight excluding hydrogens is 321 g/mol. The molecule has 0 heterocycles. The number of rotatable bonds is 1. The maximum atomic E-state index is 14.3. The third-order valence-electron chi connectivity index (χ3n) is 8.72. The average Bonchev–Trinajstić information content (AvgIpc) is 2.80. The minimum Gasteiger partial charge on any atom is -0.396 e. The Hall–Kier alpha value is -0.810. The maximum absolute atomic E-state index is 14.3. The molecule has 4 aliphatic carbocycles. The van der Waals surface area contributed by atoms with Gasteiger partial charge in [0.15, 0.2) is 12.0 Å². The van der Waals surface area contributed by atoms with E-state index in [1.54, 1.807) is 0 Å². The van der Waals surface area contributed by atoms with E-state index in [-0.39, 0.29) is 53.8 Å². The molecule has 4 saturated carbocycles. The van der Waals surface area contributed by atoms with Gasteiger partial charge in [-0.15, -0.1) is 0 Å². The molecule has 0 radical (unpaired) electrons. The summed E-state index contributed by atoms with van der Waals surface area (Å²) in [5, 5.41) is 29.3. The van der Waals surface area contributed by atoms with Crippen LogP contribution in [-0.4, -0.2) is 40.6 Å². The van der Waals surface area contributed by atoms with Crippen LogP contribution in [0.15, 0.2) is 0 Å². The molecule has 25 heavy (non-hydrogen) atoms. The van der Waals surface area contributed by atoms with E-state index in [0.29, 0.717) is 18.6 Å². The molecule has 0 saturated heterocycles. The zero-order chi connectivity index (χ0) is 18.1. The Bertz CT molecular complexity index is 610. The van der Waals surface area contributed by atoms with Crippen LogP contribution >= 0.6 is 0 Å². The average molecular weight is 351 g/mol. The maximum Gasteiger partial charge on any atom is 0.173 e. The molecule has 4 aliphatic rings. The number of hydrogen-bond acceptors (Lipinski definition) is 4. The number of aliphatic hydroxyl groups is 2. The van der Waals surface area contributed by atoms with Crippen LogP contribution in [0, 0.1) is 45.8 Å². The van der Waals surface area contributed by atoms with E-state index in [0.717, 1.165) is 19.3 Å². The topological polar surface area (TPSA) is 81.4 Å². The van der Waals surface area contributed by atoms with Crippen molar-refractivity contribution in [2.75, 3.05) is 6.61 Å². The van der Waals surface area contributed by atoms with Crippen LogP contribution in [-0.2, 0) is 4.79 Å². The van der Waals surface area contributed by atoms with Gasteiger partial charge in [-0.25, -0.2) is 4.39 Å². The minimum absolute atomic E-state index is 0.0411. The molecule has 0 aromatic rings. The number of alkyl halides is 1. The van der Waals surface area contributed by atoms with Gasteiger partial charge >= 0.3 is 0 Å². The van der Waals surface area contributed by atoms with Gasteiger partial charge in [-0.2, -0.15) is 0 Å². The summed E-state index contributed by atoms with van der Waals surface area (Å²) in [6.07, 6.45) is 1.98. The Labute approximate surface area is 148 Å². The number of hydrogen-bond donors (Lipinski definition) is 3. The van der Waals surface area contributed by atoms with E-state index < -0.39 is 17.7 Å². The summed E-state index contributed by atoms with van der Waals surface area (Å²) in [6.45, 7) is 4.04. The van der Waals surface area contributed by atoms with Gasteiger partial charge < -0.3 is 15.6 Å². The first-order chi connectivity index (χ1) is 11.7. The van der Waals surface area contributed by atoms with E-state index in [2.05, 4.69) is 6.92 Å². The molecule has 4 rings (SSSR count). The van der Waals surface area contributed by atoms with Gasteiger partial charge in [0, 0.05) is 23.7 Å². The molecule has 0 spiro atoms. The van der Waals surface area contributed by atoms with Crippen molar-refractivity contribution < 1.29 is 19.4 Å². The molecule has 0 bridgehead atoms. The standard InChI is InChI=1S/C20H30FNO3/c1-19-5-3-10(22)7-13(19)11(9-23)17(24)16-12(19)4-6-20(2)14(16)8-15(21)18(20)25/h11-17,22-24H,3-9H2,1-2H3/t11-,12?,13?,14?,15?,16?,17-,19-,20+/m1/s1. The second-order valence-electron chi connectivity index (χ2n) is 9.57. The Morgan fingerprint density at radius 1 is 1.24 bits per heavy atom. The molecule has 140 valence electrons. The molecule has 0 aromatic carbocycles. The molecule has 4 nitrogen and oxygen atoms in total. The van der Waals surface area contributed by atoms with Crippen molar-refractivity contribution in [1.82, 2.24) is 0 Å². The summed E-state index contributed by atoms with van der Waals surface area (Å²) in [5.74, 6) is -0.437. The van der Waals surface area contributed by atoms with Gasteiger partial charge in [0.25, 0.3) is 0 Å². The first-order valence-electron chi connectivity index (χ1n) is 9.77. The summed E-state index contributed by atoms with van der Waals surface area (Å²) in [4.78, 5) is 12.5. The van der Waals surface area contributed by atoms with E-state index in [1.807, 2.05) is 6.92 Å². The Morgan fingerprint density at radius 3 is 2.64 bits per heavy atom. The zero-order valence-electron chi connectivity index (χ0n) is 15.2. The van der Waals surface area contributed by atoms with Crippen LogP contribution < -0.4 is 0 Å². The molecule has 9 atom stereocenters. The van der Waals surface area contributed by atoms with Gasteiger partial charge in [0.1, 0.15) is 0 Å². The highest BCUT2D eigenvalue weighted by Gasteiger charge is 2.66. The van der Waals surface area contributed by atoms with Crippen LogP contribution in [0.5, 0.6) is 0 Å². The van der Waals surface area contributed by atoms with E-state index in [1.165, 1.54) is 0 Å². The summed E-state index contributed by atoms with van der Waals surface area (Å²) < 4.78 is 14.3. The predicted octanol–water partition coefficient (Wildman–Crippen LogP) is 2.76. The highest BCUT2D eigenvalue weighted by Crippen LogP contribution is 2.66. The van der Waals surface area contributed by atoms with E-state index in [9.17, 15) is 19.4 Å². The van der Waals surface area contributed by atoms with Crippen molar-refractivity contribution in [3.63, 3.8) is 0 Å². The molecule has 3 N–H and O–H groups in total. The number of carbonyl (C=O) groups excluding carboxylic acids is 1. The van der Waals surface area contributed by atoms with Crippen molar-refractivity contribution in [2.45, 2.75) is 64.6 Å². The van der Waals surface area contributed by atoms with Crippen LogP contribution in [0.3, 0.4) is 0 Å². The first-order valence-corrected chi connectivity index (χ1v) is 9.77. The fourth-order valence-corrected chi connectivity index (χ4v) is 7.26. The lowest BCUT2D eigenvalue weighted by Gasteiger charge is -2.63. The number of ketones is 1. The van der Waals surface area contributed by atoms with Gasteiger partial charge in [0.05, 0.1) is 6.10 Å². The lowest BCUT2D eigenvalue weighted by Crippen LogP contribution is -2.62.